The number of furan rings is 1. The van der Waals surface area contributed by atoms with E-state index in [0.29, 0.717) is 17.3 Å². The molecule has 11 aromatic rings. The minimum absolute atomic E-state index is 0.582. The van der Waals surface area contributed by atoms with Crippen molar-refractivity contribution in [3.8, 4) is 45.4 Å². The Balaban J connectivity index is 1.17. The number of nitrogens with zero attached hydrogens (tertiary/aromatic N) is 3. The zero-order chi connectivity index (χ0) is 34.2. The van der Waals surface area contributed by atoms with Gasteiger partial charge < -0.3 is 8.83 Å². The number of aromatic nitrogens is 3. The maximum absolute atomic E-state index is 6.50. The van der Waals surface area contributed by atoms with Crippen molar-refractivity contribution >= 4 is 65.4 Å². The Morgan fingerprint density at radius 1 is 0.385 bits per heavy atom. The molecule has 3 heterocycles. The second kappa shape index (κ2) is 11.2. The molecule has 0 bridgehead atoms. The Morgan fingerprint density at radius 2 is 1.06 bits per heavy atom. The molecule has 8 aromatic carbocycles. The van der Waals surface area contributed by atoms with Gasteiger partial charge in [0.1, 0.15) is 16.7 Å². The molecule has 0 fully saturated rings. The summed E-state index contributed by atoms with van der Waals surface area (Å²) in [5.41, 5.74) is 8.71. The molecule has 0 N–H and O–H groups in total. The first kappa shape index (κ1) is 28.7. The quantitative estimate of drug-likeness (QED) is 0.175. The van der Waals surface area contributed by atoms with E-state index in [1.807, 2.05) is 66.7 Å². The van der Waals surface area contributed by atoms with Gasteiger partial charge in [-0.1, -0.05) is 115 Å². The average Bonchev–Trinajstić information content (AvgIpc) is 3.83. The van der Waals surface area contributed by atoms with Crippen LogP contribution in [-0.2, 0) is 0 Å². The van der Waals surface area contributed by atoms with Gasteiger partial charge in [-0.15, -0.1) is 0 Å². The average molecular weight is 666 g/mol. The molecule has 0 radical (unpaired) electrons. The predicted octanol–water partition coefficient (Wildman–Crippen LogP) is 12.6. The Labute approximate surface area is 297 Å². The normalized spacial score (nSPS) is 11.8. The molecular weight excluding hydrogens is 639 g/mol. The molecule has 0 aliphatic heterocycles. The third-order valence-corrected chi connectivity index (χ3v) is 10.1. The van der Waals surface area contributed by atoms with Crippen LogP contribution < -0.4 is 0 Å². The summed E-state index contributed by atoms with van der Waals surface area (Å²) in [4.78, 5) is 15.4. The van der Waals surface area contributed by atoms with Gasteiger partial charge in [-0.05, 0) is 80.8 Å². The highest BCUT2D eigenvalue weighted by molar-refractivity contribution is 6.25. The second-order valence-electron chi connectivity index (χ2n) is 13.2. The topological polar surface area (TPSA) is 65.0 Å². The van der Waals surface area contributed by atoms with E-state index in [1.54, 1.807) is 0 Å². The fourth-order valence-corrected chi connectivity index (χ4v) is 7.64. The summed E-state index contributed by atoms with van der Waals surface area (Å²) in [6.45, 7) is 0. The van der Waals surface area contributed by atoms with Crippen LogP contribution in [0.3, 0.4) is 0 Å². The molecule has 11 rings (SSSR count). The first-order valence-electron chi connectivity index (χ1n) is 17.3. The second-order valence-corrected chi connectivity index (χ2v) is 13.2. The Hall–Kier alpha value is -7.11. The number of rotatable bonds is 4. The first-order valence-corrected chi connectivity index (χ1v) is 17.3. The Bertz CT molecular complexity index is 3180. The first-order chi connectivity index (χ1) is 25.7. The van der Waals surface area contributed by atoms with E-state index < -0.39 is 0 Å². The van der Waals surface area contributed by atoms with Crippen molar-refractivity contribution in [2.75, 3.05) is 0 Å². The lowest BCUT2D eigenvalue weighted by Crippen LogP contribution is -1.97. The monoisotopic (exact) mass is 665 g/mol. The number of hydrogen-bond acceptors (Lipinski definition) is 5. The van der Waals surface area contributed by atoms with Crippen LogP contribution in [0.1, 0.15) is 0 Å². The molecule has 0 unspecified atom stereocenters. The lowest BCUT2D eigenvalue weighted by atomic mass is 9.95. The van der Waals surface area contributed by atoms with E-state index in [4.69, 9.17) is 23.8 Å². The van der Waals surface area contributed by atoms with Crippen molar-refractivity contribution in [3.63, 3.8) is 0 Å². The third kappa shape index (κ3) is 4.46. The summed E-state index contributed by atoms with van der Waals surface area (Å²) in [5.74, 6) is 1.23. The molecule has 0 aliphatic carbocycles. The van der Waals surface area contributed by atoms with E-state index >= 15 is 0 Å². The SMILES string of the molecule is c1ccc(-c2cc(-c3cc4ccccc4c4ccccc34)nc(-c3ccc4ccc5oc6ccc7nc(-c8ccccc8)oc7c6c5c4c3)n2)cc1. The maximum Gasteiger partial charge on any atom is 0.227 e. The van der Waals surface area contributed by atoms with Crippen LogP contribution >= 0.6 is 0 Å². The van der Waals surface area contributed by atoms with Crippen LogP contribution in [0.2, 0.25) is 0 Å². The number of hydrogen-bond donors (Lipinski definition) is 0. The Morgan fingerprint density at radius 3 is 1.90 bits per heavy atom. The van der Waals surface area contributed by atoms with Gasteiger partial charge in [0.2, 0.25) is 5.89 Å². The minimum atomic E-state index is 0.582. The van der Waals surface area contributed by atoms with Gasteiger partial charge in [-0.3, -0.25) is 0 Å². The van der Waals surface area contributed by atoms with Crippen molar-refractivity contribution in [2.24, 2.45) is 0 Å². The lowest BCUT2D eigenvalue weighted by molar-refractivity contribution is 0.622. The van der Waals surface area contributed by atoms with Gasteiger partial charge in [0, 0.05) is 27.6 Å². The van der Waals surface area contributed by atoms with Gasteiger partial charge >= 0.3 is 0 Å². The lowest BCUT2D eigenvalue weighted by Gasteiger charge is -2.13. The van der Waals surface area contributed by atoms with Crippen molar-refractivity contribution < 1.29 is 8.83 Å². The summed E-state index contributed by atoms with van der Waals surface area (Å²) in [7, 11) is 0. The molecule has 0 amide bonds. The molecule has 0 aliphatic rings. The van der Waals surface area contributed by atoms with E-state index in [9.17, 15) is 0 Å². The fourth-order valence-electron chi connectivity index (χ4n) is 7.64. The number of oxazole rings is 1. The van der Waals surface area contributed by atoms with Crippen molar-refractivity contribution in [2.45, 2.75) is 0 Å². The van der Waals surface area contributed by atoms with E-state index in [2.05, 4.69) is 97.1 Å². The largest absolute Gasteiger partial charge is 0.456 e. The van der Waals surface area contributed by atoms with E-state index in [1.165, 1.54) is 16.2 Å². The molecule has 242 valence electrons. The van der Waals surface area contributed by atoms with E-state index in [0.717, 1.165) is 77.3 Å². The number of benzene rings is 8. The minimum Gasteiger partial charge on any atom is -0.456 e. The smallest absolute Gasteiger partial charge is 0.227 e. The molecule has 0 saturated carbocycles. The van der Waals surface area contributed by atoms with Gasteiger partial charge in [0.05, 0.1) is 16.8 Å². The van der Waals surface area contributed by atoms with Gasteiger partial charge in [-0.25, -0.2) is 15.0 Å². The maximum atomic E-state index is 6.50. The van der Waals surface area contributed by atoms with Gasteiger partial charge in [-0.2, -0.15) is 0 Å². The molecule has 5 heteroatoms. The van der Waals surface area contributed by atoms with Gasteiger partial charge in [0.15, 0.2) is 11.4 Å². The molecule has 0 atom stereocenters. The highest BCUT2D eigenvalue weighted by Gasteiger charge is 2.20. The predicted molar refractivity (Wildman–Crippen MR) is 211 cm³/mol. The molecular formula is C47H27N3O2. The van der Waals surface area contributed by atoms with Crippen molar-refractivity contribution in [1.82, 2.24) is 15.0 Å². The van der Waals surface area contributed by atoms with Crippen LogP contribution in [0.25, 0.3) is 111 Å². The van der Waals surface area contributed by atoms with Crippen LogP contribution in [-0.4, -0.2) is 15.0 Å². The van der Waals surface area contributed by atoms with Crippen molar-refractivity contribution in [1.29, 1.82) is 0 Å². The van der Waals surface area contributed by atoms with Crippen LogP contribution in [0.5, 0.6) is 0 Å². The summed E-state index contributed by atoms with van der Waals surface area (Å²) in [6, 6.07) is 56.3. The summed E-state index contributed by atoms with van der Waals surface area (Å²) < 4.78 is 12.9. The third-order valence-electron chi connectivity index (χ3n) is 10.1. The summed E-state index contributed by atoms with van der Waals surface area (Å²) in [5, 5.41) is 8.76. The molecule has 5 nitrogen and oxygen atoms in total. The van der Waals surface area contributed by atoms with Crippen molar-refractivity contribution in [3.05, 3.63) is 164 Å². The zero-order valence-corrected chi connectivity index (χ0v) is 27.7. The molecule has 0 saturated heterocycles. The van der Waals surface area contributed by atoms with Crippen LogP contribution in [0.15, 0.2) is 173 Å². The molecule has 52 heavy (non-hydrogen) atoms. The molecule has 3 aromatic heterocycles. The summed E-state index contributed by atoms with van der Waals surface area (Å²) >= 11 is 0. The highest BCUT2D eigenvalue weighted by atomic mass is 16.4. The van der Waals surface area contributed by atoms with Gasteiger partial charge in [0.25, 0.3) is 0 Å². The zero-order valence-electron chi connectivity index (χ0n) is 27.7. The number of fused-ring (bicyclic) bond motifs is 10. The Kier molecular flexibility index (Phi) is 6.18. The molecule has 0 spiro atoms. The van der Waals surface area contributed by atoms with Crippen LogP contribution in [0.4, 0.5) is 0 Å². The fraction of sp³-hybridized carbons (Fsp3) is 0. The summed E-state index contributed by atoms with van der Waals surface area (Å²) in [6.07, 6.45) is 0. The highest BCUT2D eigenvalue weighted by Crippen LogP contribution is 2.42. The van der Waals surface area contributed by atoms with E-state index in [-0.39, 0.29) is 0 Å². The standard InChI is InChI=1S/C47H27N3O2/c1-3-11-29(12-4-1)39-27-40(37-25-31-15-7-8-16-33(31)34-17-9-10-18-35(34)37)49-46(48-39)32-20-19-28-21-23-41-43(36(28)26-32)44-42(51-41)24-22-38-45(44)52-47(50-38)30-13-5-2-6-14-30/h1-27H. The van der Waals surface area contributed by atoms with Crippen LogP contribution in [0, 0.1) is 0 Å².